The van der Waals surface area contributed by atoms with Crippen molar-refractivity contribution in [2.75, 3.05) is 30.3 Å². The van der Waals surface area contributed by atoms with Gasteiger partial charge in [-0.1, -0.05) is 48.5 Å². The molecule has 0 atom stereocenters. The summed E-state index contributed by atoms with van der Waals surface area (Å²) in [7, 11) is 0. The summed E-state index contributed by atoms with van der Waals surface area (Å²) in [5.74, 6) is -1.10. The molecule has 3 aromatic rings. The first-order valence-electron chi connectivity index (χ1n) is 12.8. The van der Waals surface area contributed by atoms with Gasteiger partial charge in [0, 0.05) is 37.3 Å². The summed E-state index contributed by atoms with van der Waals surface area (Å²) in [5, 5.41) is 15.0. The molecule has 0 bridgehead atoms. The molecule has 3 N–H and O–H groups in total. The van der Waals surface area contributed by atoms with Gasteiger partial charge in [-0.2, -0.15) is 0 Å². The number of likely N-dealkylation sites (tertiary alicyclic amines) is 1. The van der Waals surface area contributed by atoms with Crippen LogP contribution in [0.25, 0.3) is 11.1 Å². The zero-order valence-corrected chi connectivity index (χ0v) is 21.7. The first-order chi connectivity index (χ1) is 18.3. The second kappa shape index (κ2) is 12.4. The van der Waals surface area contributed by atoms with Crippen LogP contribution < -0.4 is 10.6 Å². The molecule has 8 heteroatoms. The largest absolute Gasteiger partial charge is 0.478 e. The van der Waals surface area contributed by atoms with Crippen molar-refractivity contribution in [2.24, 2.45) is 0 Å². The number of carboxylic acids is 1. The second-order valence-electron chi connectivity index (χ2n) is 9.57. The van der Waals surface area contributed by atoms with Gasteiger partial charge in [-0.15, -0.1) is 0 Å². The first kappa shape index (κ1) is 26.9. The topological polar surface area (TPSA) is 108 Å². The predicted molar refractivity (Wildman–Crippen MR) is 148 cm³/mol. The highest BCUT2D eigenvalue weighted by molar-refractivity contribution is 5.94. The summed E-state index contributed by atoms with van der Waals surface area (Å²) in [6.45, 7) is 5.56. The molecule has 1 saturated heterocycles. The third-order valence-electron chi connectivity index (χ3n) is 6.79. The van der Waals surface area contributed by atoms with E-state index in [1.807, 2.05) is 54.6 Å². The molecular weight excluding hydrogens is 482 g/mol. The lowest BCUT2D eigenvalue weighted by atomic mass is 10.0. The van der Waals surface area contributed by atoms with Crippen molar-refractivity contribution in [3.63, 3.8) is 0 Å². The van der Waals surface area contributed by atoms with E-state index < -0.39 is 12.1 Å². The van der Waals surface area contributed by atoms with Crippen LogP contribution in [-0.4, -0.2) is 53.7 Å². The van der Waals surface area contributed by atoms with Crippen molar-refractivity contribution < 1.29 is 24.2 Å². The number of anilines is 2. The van der Waals surface area contributed by atoms with Gasteiger partial charge in [0.05, 0.1) is 11.3 Å². The van der Waals surface area contributed by atoms with Crippen molar-refractivity contribution in [3.8, 4) is 11.1 Å². The Morgan fingerprint density at radius 3 is 2.29 bits per heavy atom. The molecule has 1 aliphatic rings. The van der Waals surface area contributed by atoms with E-state index in [-0.39, 0.29) is 17.6 Å². The van der Waals surface area contributed by atoms with Crippen LogP contribution in [0.5, 0.6) is 0 Å². The van der Waals surface area contributed by atoms with Gasteiger partial charge in [0.15, 0.2) is 0 Å². The van der Waals surface area contributed by atoms with Gasteiger partial charge in [-0.25, -0.2) is 9.59 Å². The number of hydrogen-bond acceptors (Lipinski definition) is 5. The Bertz CT molecular complexity index is 1300. The van der Waals surface area contributed by atoms with Crippen LogP contribution >= 0.6 is 0 Å². The molecule has 0 spiro atoms. The van der Waals surface area contributed by atoms with Crippen LogP contribution in [0.2, 0.25) is 0 Å². The zero-order chi connectivity index (χ0) is 27.1. The summed E-state index contributed by atoms with van der Waals surface area (Å²) >= 11 is 0. The van der Waals surface area contributed by atoms with Gasteiger partial charge in [0.2, 0.25) is 5.91 Å². The van der Waals surface area contributed by atoms with Gasteiger partial charge in [0.1, 0.15) is 6.10 Å². The Morgan fingerprint density at radius 2 is 1.58 bits per heavy atom. The molecule has 1 aliphatic heterocycles. The molecule has 3 aromatic carbocycles. The molecular formula is C30H33N3O5. The maximum absolute atomic E-state index is 12.6. The van der Waals surface area contributed by atoms with Crippen molar-refractivity contribution in [1.29, 1.82) is 0 Å². The van der Waals surface area contributed by atoms with E-state index in [1.165, 1.54) is 0 Å². The minimum Gasteiger partial charge on any atom is -0.478 e. The van der Waals surface area contributed by atoms with E-state index in [9.17, 15) is 19.5 Å². The number of hydrogen-bond donors (Lipinski definition) is 3. The monoisotopic (exact) mass is 515 g/mol. The van der Waals surface area contributed by atoms with Crippen LogP contribution in [0.3, 0.4) is 0 Å². The number of benzene rings is 3. The van der Waals surface area contributed by atoms with E-state index in [4.69, 9.17) is 4.74 Å². The minimum atomic E-state index is -0.981. The summed E-state index contributed by atoms with van der Waals surface area (Å²) < 4.78 is 5.69. The fourth-order valence-corrected chi connectivity index (χ4v) is 4.66. The average molecular weight is 516 g/mol. The number of ether oxygens (including phenoxy) is 1. The predicted octanol–water partition coefficient (Wildman–Crippen LogP) is 5.71. The highest BCUT2D eigenvalue weighted by Crippen LogP contribution is 2.28. The number of nitrogens with one attached hydrogen (secondary N) is 2. The lowest BCUT2D eigenvalue weighted by Gasteiger charge is -2.31. The van der Waals surface area contributed by atoms with Gasteiger partial charge in [-0.05, 0) is 61.6 Å². The Hall–Kier alpha value is -4.17. The molecule has 2 amide bonds. The van der Waals surface area contributed by atoms with Crippen molar-refractivity contribution >= 4 is 29.3 Å². The molecule has 8 nitrogen and oxygen atoms in total. The molecule has 0 radical (unpaired) electrons. The number of rotatable bonds is 8. The number of aromatic carboxylic acids is 1. The van der Waals surface area contributed by atoms with Crippen LogP contribution in [0.15, 0.2) is 66.7 Å². The highest BCUT2D eigenvalue weighted by Gasteiger charge is 2.23. The number of piperidine rings is 1. The quantitative estimate of drug-likeness (QED) is 0.355. The molecule has 1 heterocycles. The van der Waals surface area contributed by atoms with E-state index in [0.29, 0.717) is 48.3 Å². The maximum Gasteiger partial charge on any atom is 0.411 e. The van der Waals surface area contributed by atoms with Crippen LogP contribution in [0, 0.1) is 13.8 Å². The normalized spacial score (nSPS) is 14.1. The van der Waals surface area contributed by atoms with Gasteiger partial charge in [-0.3, -0.25) is 10.1 Å². The van der Waals surface area contributed by atoms with Crippen LogP contribution in [0.4, 0.5) is 16.2 Å². The fourth-order valence-electron chi connectivity index (χ4n) is 4.66. The third-order valence-corrected chi connectivity index (χ3v) is 6.79. The maximum atomic E-state index is 12.6. The Kier molecular flexibility index (Phi) is 8.76. The van der Waals surface area contributed by atoms with Gasteiger partial charge in [0.25, 0.3) is 0 Å². The summed E-state index contributed by atoms with van der Waals surface area (Å²) in [5.41, 5.74) is 4.83. The number of carbonyl (C=O) groups excluding carboxylic acids is 2. The lowest BCUT2D eigenvalue weighted by Crippen LogP contribution is -2.39. The third kappa shape index (κ3) is 6.98. The number of carbonyl (C=O) groups is 3. The Balaban J connectivity index is 1.21. The minimum absolute atomic E-state index is 0.120. The molecule has 1 fully saturated rings. The van der Waals surface area contributed by atoms with E-state index >= 15 is 0 Å². The van der Waals surface area contributed by atoms with Gasteiger partial charge < -0.3 is 20.1 Å². The number of aryl methyl sites for hydroxylation is 2. The molecule has 0 aliphatic carbocycles. The summed E-state index contributed by atoms with van der Waals surface area (Å²) in [6.07, 6.45) is 1.07. The number of nitrogens with zero attached hydrogens (tertiary/aromatic N) is 1. The zero-order valence-electron chi connectivity index (χ0n) is 21.7. The molecule has 4 rings (SSSR count). The Morgan fingerprint density at radius 1 is 0.895 bits per heavy atom. The van der Waals surface area contributed by atoms with Crippen molar-refractivity contribution in [1.82, 2.24) is 4.90 Å². The SMILES string of the molecule is Cc1cc(C(=O)O)c(C)cc1NC(=O)CCN1CCC(OC(=O)Nc2ccccc2-c2ccccc2)CC1. The first-order valence-corrected chi connectivity index (χ1v) is 12.8. The standard InChI is InChI=1S/C30H33N3O5/c1-20-19-27(21(2)18-25(20)29(35)36)31-28(34)14-17-33-15-12-23(13-16-33)38-30(37)32-26-11-7-6-10-24(26)22-8-4-3-5-9-22/h3-11,18-19,23H,12-17H2,1-2H3,(H,31,34)(H,32,37)(H,35,36). The fraction of sp³-hybridized carbons (Fsp3) is 0.300. The van der Waals surface area contributed by atoms with E-state index in [1.54, 1.807) is 26.0 Å². The number of para-hydroxylation sites is 1. The van der Waals surface area contributed by atoms with Crippen molar-refractivity contribution in [2.45, 2.75) is 39.2 Å². The summed E-state index contributed by atoms with van der Waals surface area (Å²) in [6, 6.07) is 20.8. The molecule has 0 unspecified atom stereocenters. The molecule has 198 valence electrons. The van der Waals surface area contributed by atoms with Crippen LogP contribution in [-0.2, 0) is 9.53 Å². The highest BCUT2D eigenvalue weighted by atomic mass is 16.6. The van der Waals surface area contributed by atoms with E-state index in [2.05, 4.69) is 15.5 Å². The Labute approximate surface area is 222 Å². The molecule has 0 saturated carbocycles. The smallest absolute Gasteiger partial charge is 0.411 e. The molecule has 38 heavy (non-hydrogen) atoms. The summed E-state index contributed by atoms with van der Waals surface area (Å²) in [4.78, 5) is 38.6. The number of carboxylic acid groups (broad SMARTS) is 1. The van der Waals surface area contributed by atoms with E-state index in [0.717, 1.165) is 24.2 Å². The van der Waals surface area contributed by atoms with Crippen LogP contribution in [0.1, 0.15) is 40.7 Å². The average Bonchev–Trinajstić information content (AvgIpc) is 2.91. The molecule has 0 aromatic heterocycles. The lowest BCUT2D eigenvalue weighted by molar-refractivity contribution is -0.116. The second-order valence-corrected chi connectivity index (χ2v) is 9.57. The van der Waals surface area contributed by atoms with Gasteiger partial charge >= 0.3 is 12.1 Å². The number of amides is 2. The van der Waals surface area contributed by atoms with Crippen molar-refractivity contribution in [3.05, 3.63) is 83.4 Å².